The van der Waals surface area contributed by atoms with Crippen LogP contribution in [0.15, 0.2) is 29.2 Å². The van der Waals surface area contributed by atoms with Gasteiger partial charge in [-0.3, -0.25) is 9.59 Å². The maximum absolute atomic E-state index is 12.0. The Morgan fingerprint density at radius 1 is 1.41 bits per heavy atom. The molecule has 0 aromatic heterocycles. The molecule has 1 aromatic carbocycles. The summed E-state index contributed by atoms with van der Waals surface area (Å²) in [5.41, 5.74) is 0.660. The number of rotatable bonds is 1. The van der Waals surface area contributed by atoms with Crippen molar-refractivity contribution in [2.24, 2.45) is 0 Å². The van der Waals surface area contributed by atoms with Gasteiger partial charge >= 0.3 is 0 Å². The van der Waals surface area contributed by atoms with Crippen molar-refractivity contribution in [1.82, 2.24) is 0 Å². The number of imide groups is 1. The lowest BCUT2D eigenvalue weighted by atomic mass is 10.2. The lowest BCUT2D eigenvalue weighted by molar-refractivity contribution is -0.125. The Balaban J connectivity index is 2.46. The summed E-state index contributed by atoms with van der Waals surface area (Å²) in [6.45, 7) is 0. The molecule has 2 rings (SSSR count). The zero-order valence-electron chi connectivity index (χ0n) is 9.19. The zero-order valence-corrected chi connectivity index (χ0v) is 10.8. The Morgan fingerprint density at radius 2 is 2.18 bits per heavy atom. The van der Waals surface area contributed by atoms with Crippen LogP contribution < -0.4 is 4.90 Å². The highest BCUT2D eigenvalue weighted by Crippen LogP contribution is 2.33. The van der Waals surface area contributed by atoms with E-state index in [1.54, 1.807) is 17.8 Å². The van der Waals surface area contributed by atoms with Crippen LogP contribution in [-0.2, 0) is 9.59 Å². The van der Waals surface area contributed by atoms with Gasteiger partial charge in [-0.2, -0.15) is 0 Å². The van der Waals surface area contributed by atoms with Crippen LogP contribution in [0.3, 0.4) is 0 Å². The molecule has 0 saturated heterocycles. The van der Waals surface area contributed by atoms with Gasteiger partial charge in [-0.25, -0.2) is 4.90 Å². The Kier molecular flexibility index (Phi) is 4.07. The number of carbonyl (C=O) groups excluding carboxylic acids is 2. The van der Waals surface area contributed by atoms with E-state index in [4.69, 9.17) is 11.6 Å². The highest BCUT2D eigenvalue weighted by molar-refractivity contribution is 7.99. The molecule has 5 heteroatoms. The van der Waals surface area contributed by atoms with Gasteiger partial charge in [0.25, 0.3) is 0 Å². The number of carbonyl (C=O) groups is 2. The molecule has 0 aliphatic carbocycles. The molecule has 90 valence electrons. The Hall–Kier alpha value is -1.00. The number of hydrogen-bond acceptors (Lipinski definition) is 3. The predicted molar refractivity (Wildman–Crippen MR) is 69.6 cm³/mol. The minimum atomic E-state index is -0.355. The minimum absolute atomic E-state index is 0.164. The van der Waals surface area contributed by atoms with Gasteiger partial charge in [-0.05, 0) is 24.3 Å². The molecule has 0 atom stereocenters. The summed E-state index contributed by atoms with van der Waals surface area (Å²) in [4.78, 5) is 25.9. The fourth-order valence-electron chi connectivity index (χ4n) is 1.75. The first-order valence-electron chi connectivity index (χ1n) is 5.37. The van der Waals surface area contributed by atoms with E-state index in [0.29, 0.717) is 12.1 Å². The van der Waals surface area contributed by atoms with Crippen LogP contribution >= 0.6 is 23.4 Å². The molecule has 0 radical (unpaired) electrons. The van der Waals surface area contributed by atoms with Gasteiger partial charge in [0.05, 0.1) is 5.69 Å². The van der Waals surface area contributed by atoms with E-state index in [2.05, 4.69) is 0 Å². The number of nitrogens with zero attached hydrogens (tertiary/aromatic N) is 1. The molecule has 0 bridgehead atoms. The highest BCUT2D eigenvalue weighted by atomic mass is 35.5. The number of halogens is 1. The Labute approximate surface area is 109 Å². The maximum Gasteiger partial charge on any atom is 0.248 e. The van der Waals surface area contributed by atoms with Crippen LogP contribution in [0.2, 0.25) is 0 Å². The first-order chi connectivity index (χ1) is 8.24. The SMILES string of the molecule is O=C(CCl)N1C(=O)CCCSc2ccccc21. The van der Waals surface area contributed by atoms with Crippen molar-refractivity contribution < 1.29 is 9.59 Å². The summed E-state index contributed by atoms with van der Waals surface area (Å²) < 4.78 is 0. The molecule has 1 aliphatic rings. The smallest absolute Gasteiger partial charge is 0.248 e. The molecule has 0 unspecified atom stereocenters. The Bertz CT molecular complexity index is 450. The lowest BCUT2D eigenvalue weighted by Gasteiger charge is -2.24. The second-order valence-corrected chi connectivity index (χ2v) is 5.08. The summed E-state index contributed by atoms with van der Waals surface area (Å²) in [5, 5.41) is 0. The molecule has 0 N–H and O–H groups in total. The van der Waals surface area contributed by atoms with Crippen LogP contribution in [0.5, 0.6) is 0 Å². The van der Waals surface area contributed by atoms with E-state index >= 15 is 0 Å². The van der Waals surface area contributed by atoms with Crippen LogP contribution in [0.1, 0.15) is 12.8 Å². The highest BCUT2D eigenvalue weighted by Gasteiger charge is 2.25. The normalized spacial score (nSPS) is 16.1. The third-order valence-corrected chi connectivity index (χ3v) is 3.89. The van der Waals surface area contributed by atoms with E-state index < -0.39 is 0 Å². The summed E-state index contributed by atoms with van der Waals surface area (Å²) >= 11 is 7.23. The number of thioether (sulfide) groups is 1. The topological polar surface area (TPSA) is 37.4 Å². The molecule has 2 amide bonds. The molecule has 0 saturated carbocycles. The third-order valence-electron chi connectivity index (χ3n) is 2.51. The summed E-state index contributed by atoms with van der Waals surface area (Å²) in [5.74, 6) is 0.200. The van der Waals surface area contributed by atoms with Crippen molar-refractivity contribution in [1.29, 1.82) is 0 Å². The van der Waals surface area contributed by atoms with Crippen molar-refractivity contribution in [2.45, 2.75) is 17.7 Å². The number of anilines is 1. The quantitative estimate of drug-likeness (QED) is 0.736. The van der Waals surface area contributed by atoms with E-state index in [1.807, 2.05) is 18.2 Å². The number of benzene rings is 1. The lowest BCUT2D eigenvalue weighted by Crippen LogP contribution is -2.38. The summed E-state index contributed by atoms with van der Waals surface area (Å²) in [7, 11) is 0. The fourth-order valence-corrected chi connectivity index (χ4v) is 2.86. The van der Waals surface area contributed by atoms with E-state index in [9.17, 15) is 9.59 Å². The molecule has 17 heavy (non-hydrogen) atoms. The van der Waals surface area contributed by atoms with Gasteiger partial charge in [0.15, 0.2) is 0 Å². The van der Waals surface area contributed by atoms with E-state index in [-0.39, 0.29) is 17.7 Å². The van der Waals surface area contributed by atoms with E-state index in [1.165, 1.54) is 4.90 Å². The molecule has 0 fully saturated rings. The van der Waals surface area contributed by atoms with Crippen molar-refractivity contribution in [3.63, 3.8) is 0 Å². The van der Waals surface area contributed by atoms with E-state index in [0.717, 1.165) is 17.1 Å². The van der Waals surface area contributed by atoms with Crippen molar-refractivity contribution in [3.8, 4) is 0 Å². The van der Waals surface area contributed by atoms with Gasteiger partial charge in [0.2, 0.25) is 11.8 Å². The number of para-hydroxylation sites is 1. The molecular weight excluding hydrogens is 258 g/mol. The molecule has 1 aliphatic heterocycles. The second-order valence-electron chi connectivity index (χ2n) is 3.68. The average molecular weight is 270 g/mol. The third kappa shape index (κ3) is 2.64. The largest absolute Gasteiger partial charge is 0.274 e. The zero-order chi connectivity index (χ0) is 12.3. The van der Waals surface area contributed by atoms with Gasteiger partial charge < -0.3 is 0 Å². The van der Waals surface area contributed by atoms with Crippen LogP contribution in [0.4, 0.5) is 5.69 Å². The molecule has 1 aromatic rings. The fraction of sp³-hybridized carbons (Fsp3) is 0.333. The maximum atomic E-state index is 12.0. The average Bonchev–Trinajstić information content (AvgIpc) is 2.34. The van der Waals surface area contributed by atoms with Crippen LogP contribution in [0, 0.1) is 0 Å². The van der Waals surface area contributed by atoms with Crippen molar-refractivity contribution in [2.75, 3.05) is 16.5 Å². The van der Waals surface area contributed by atoms with Gasteiger partial charge in [-0.1, -0.05) is 12.1 Å². The standard InChI is InChI=1S/C12H12ClNO2S/c13-8-12(16)14-9-4-1-2-5-10(9)17-7-3-6-11(14)15/h1-2,4-5H,3,6-8H2. The van der Waals surface area contributed by atoms with Crippen molar-refractivity contribution in [3.05, 3.63) is 24.3 Å². The van der Waals surface area contributed by atoms with Crippen LogP contribution in [0.25, 0.3) is 0 Å². The number of fused-ring (bicyclic) bond motifs is 1. The summed E-state index contributed by atoms with van der Waals surface area (Å²) in [6.07, 6.45) is 1.17. The Morgan fingerprint density at radius 3 is 2.94 bits per heavy atom. The molecule has 0 spiro atoms. The first-order valence-corrected chi connectivity index (χ1v) is 6.89. The summed E-state index contributed by atoms with van der Waals surface area (Å²) in [6, 6.07) is 7.44. The molecule has 3 nitrogen and oxygen atoms in total. The number of alkyl halides is 1. The first kappa shape index (κ1) is 12.5. The van der Waals surface area contributed by atoms with Crippen LogP contribution in [-0.4, -0.2) is 23.4 Å². The second kappa shape index (κ2) is 5.56. The molecular formula is C12H12ClNO2S. The monoisotopic (exact) mass is 269 g/mol. The van der Waals surface area contributed by atoms with Gasteiger partial charge in [0.1, 0.15) is 5.88 Å². The predicted octanol–water partition coefficient (Wildman–Crippen LogP) is 2.67. The minimum Gasteiger partial charge on any atom is -0.274 e. The number of amides is 2. The van der Waals surface area contributed by atoms with Crippen molar-refractivity contribution >= 4 is 40.9 Å². The van der Waals surface area contributed by atoms with Gasteiger partial charge in [-0.15, -0.1) is 23.4 Å². The van der Waals surface area contributed by atoms with Gasteiger partial charge in [0, 0.05) is 11.3 Å². The molecule has 1 heterocycles. The number of hydrogen-bond donors (Lipinski definition) is 0.